The van der Waals surface area contributed by atoms with Crippen molar-refractivity contribution in [3.05, 3.63) is 53.7 Å². The summed E-state index contributed by atoms with van der Waals surface area (Å²) in [6, 6.07) is 8.44. The average molecular weight is 381 g/mol. The fourth-order valence-electron chi connectivity index (χ4n) is 1.85. The SMILES string of the molecule is NC(=O)c1ccc(NC(=O)COC(=O)c2cccnc2SC(F)F)cc1. The number of aromatic nitrogens is 1. The third-order valence-corrected chi connectivity index (χ3v) is 3.71. The Morgan fingerprint density at radius 1 is 1.19 bits per heavy atom. The molecule has 10 heteroatoms. The van der Waals surface area contributed by atoms with Crippen molar-refractivity contribution < 1.29 is 27.9 Å². The second-order valence-corrected chi connectivity index (χ2v) is 5.78. The van der Waals surface area contributed by atoms with Gasteiger partial charge in [-0.15, -0.1) is 0 Å². The first-order chi connectivity index (χ1) is 12.4. The quantitative estimate of drug-likeness (QED) is 0.562. The number of rotatable bonds is 7. The number of benzene rings is 1. The van der Waals surface area contributed by atoms with Crippen molar-refractivity contribution >= 4 is 35.2 Å². The van der Waals surface area contributed by atoms with Gasteiger partial charge >= 0.3 is 5.97 Å². The normalized spacial score (nSPS) is 10.4. The summed E-state index contributed by atoms with van der Waals surface area (Å²) in [5, 5.41) is 2.27. The molecule has 3 N–H and O–H groups in total. The van der Waals surface area contributed by atoms with Crippen molar-refractivity contribution in [1.82, 2.24) is 4.98 Å². The van der Waals surface area contributed by atoms with Crippen LogP contribution < -0.4 is 11.1 Å². The number of nitrogens with zero attached hydrogens (tertiary/aromatic N) is 1. The summed E-state index contributed by atoms with van der Waals surface area (Å²) in [5.41, 5.74) is 5.59. The predicted octanol–water partition coefficient (Wildman–Crippen LogP) is 2.29. The minimum atomic E-state index is -2.75. The van der Waals surface area contributed by atoms with Gasteiger partial charge in [-0.05, 0) is 48.2 Å². The van der Waals surface area contributed by atoms with E-state index in [9.17, 15) is 23.2 Å². The largest absolute Gasteiger partial charge is 0.452 e. The number of esters is 1. The number of hydrogen-bond donors (Lipinski definition) is 2. The number of ether oxygens (including phenoxy) is 1. The molecular formula is C16H13F2N3O4S. The summed E-state index contributed by atoms with van der Waals surface area (Å²) in [6.45, 7) is -0.621. The lowest BCUT2D eigenvalue weighted by atomic mass is 10.2. The molecule has 0 fully saturated rings. The van der Waals surface area contributed by atoms with E-state index in [1.54, 1.807) is 0 Å². The third-order valence-electron chi connectivity index (χ3n) is 2.98. The third kappa shape index (κ3) is 5.52. The van der Waals surface area contributed by atoms with Gasteiger partial charge in [0.15, 0.2) is 6.61 Å². The van der Waals surface area contributed by atoms with Crippen molar-refractivity contribution in [2.45, 2.75) is 10.8 Å². The van der Waals surface area contributed by atoms with Crippen molar-refractivity contribution in [3.8, 4) is 0 Å². The van der Waals surface area contributed by atoms with Gasteiger partial charge in [0, 0.05) is 17.4 Å². The minimum absolute atomic E-state index is 0.110. The highest BCUT2D eigenvalue weighted by Crippen LogP contribution is 2.26. The highest BCUT2D eigenvalue weighted by molar-refractivity contribution is 7.99. The Hall–Kier alpha value is -3.01. The lowest BCUT2D eigenvalue weighted by Crippen LogP contribution is -2.21. The first-order valence-electron chi connectivity index (χ1n) is 7.13. The summed E-state index contributed by atoms with van der Waals surface area (Å²) in [7, 11) is 0. The molecule has 0 saturated carbocycles. The number of carbonyl (C=O) groups excluding carboxylic acids is 3. The van der Waals surface area contributed by atoms with Gasteiger partial charge < -0.3 is 15.8 Å². The number of nitrogens with one attached hydrogen (secondary N) is 1. The zero-order valence-corrected chi connectivity index (χ0v) is 14.0. The van der Waals surface area contributed by atoms with Crippen LogP contribution in [0.5, 0.6) is 0 Å². The first kappa shape index (κ1) is 19.3. The highest BCUT2D eigenvalue weighted by atomic mass is 32.2. The number of primary amides is 1. The monoisotopic (exact) mass is 381 g/mol. The second-order valence-electron chi connectivity index (χ2n) is 4.80. The maximum atomic E-state index is 12.5. The number of hydrogen-bond acceptors (Lipinski definition) is 6. The number of halogens is 2. The molecule has 0 aliphatic carbocycles. The molecule has 26 heavy (non-hydrogen) atoms. The molecule has 0 aliphatic rings. The number of amides is 2. The number of anilines is 1. The molecule has 0 spiro atoms. The summed E-state index contributed by atoms with van der Waals surface area (Å²) in [4.78, 5) is 38.4. The molecule has 1 aromatic carbocycles. The molecule has 0 unspecified atom stereocenters. The van der Waals surface area contributed by atoms with E-state index in [1.807, 2.05) is 0 Å². The predicted molar refractivity (Wildman–Crippen MR) is 90.0 cm³/mol. The number of nitrogens with two attached hydrogens (primary N) is 1. The van der Waals surface area contributed by atoms with Crippen molar-refractivity contribution in [1.29, 1.82) is 0 Å². The van der Waals surface area contributed by atoms with Crippen LogP contribution >= 0.6 is 11.8 Å². The number of thioether (sulfide) groups is 1. The first-order valence-corrected chi connectivity index (χ1v) is 8.01. The zero-order valence-electron chi connectivity index (χ0n) is 13.1. The molecular weight excluding hydrogens is 368 g/mol. The Bertz CT molecular complexity index is 815. The molecule has 2 amide bonds. The van der Waals surface area contributed by atoms with E-state index in [4.69, 9.17) is 10.5 Å². The van der Waals surface area contributed by atoms with Gasteiger partial charge in [-0.3, -0.25) is 9.59 Å². The Kier molecular flexibility index (Phi) is 6.61. The highest BCUT2D eigenvalue weighted by Gasteiger charge is 2.18. The van der Waals surface area contributed by atoms with E-state index in [2.05, 4.69) is 10.3 Å². The van der Waals surface area contributed by atoms with E-state index >= 15 is 0 Å². The molecule has 2 aromatic rings. The lowest BCUT2D eigenvalue weighted by molar-refractivity contribution is -0.119. The summed E-state index contributed by atoms with van der Waals surface area (Å²) in [6.07, 6.45) is 1.27. The second kappa shape index (κ2) is 8.90. The Morgan fingerprint density at radius 2 is 1.88 bits per heavy atom. The van der Waals surface area contributed by atoms with Crippen LogP contribution in [-0.2, 0) is 9.53 Å². The molecule has 0 radical (unpaired) electrons. The topological polar surface area (TPSA) is 111 Å². The maximum Gasteiger partial charge on any atom is 0.341 e. The molecule has 0 aliphatic heterocycles. The zero-order chi connectivity index (χ0) is 19.1. The molecule has 1 heterocycles. The van der Waals surface area contributed by atoms with Gasteiger partial charge in [-0.25, -0.2) is 9.78 Å². The Labute approximate surface area is 150 Å². The maximum absolute atomic E-state index is 12.5. The van der Waals surface area contributed by atoms with E-state index in [1.165, 1.54) is 42.6 Å². The van der Waals surface area contributed by atoms with Crippen LogP contribution in [0.2, 0.25) is 0 Å². The summed E-state index contributed by atoms with van der Waals surface area (Å²) >= 11 is 0.110. The average Bonchev–Trinajstić information content (AvgIpc) is 2.60. The minimum Gasteiger partial charge on any atom is -0.452 e. The molecule has 136 valence electrons. The van der Waals surface area contributed by atoms with Gasteiger partial charge in [0.25, 0.3) is 11.7 Å². The molecule has 1 aromatic heterocycles. The number of pyridine rings is 1. The fraction of sp³-hybridized carbons (Fsp3) is 0.125. The molecule has 0 saturated heterocycles. The van der Waals surface area contributed by atoms with E-state index in [-0.39, 0.29) is 27.9 Å². The van der Waals surface area contributed by atoms with Crippen molar-refractivity contribution in [2.75, 3.05) is 11.9 Å². The van der Waals surface area contributed by atoms with Gasteiger partial charge in [-0.2, -0.15) is 8.78 Å². The van der Waals surface area contributed by atoms with Crippen molar-refractivity contribution in [3.63, 3.8) is 0 Å². The van der Waals surface area contributed by atoms with Crippen LogP contribution in [-0.4, -0.2) is 35.1 Å². The summed E-state index contributed by atoms with van der Waals surface area (Å²) < 4.78 is 29.8. The van der Waals surface area contributed by atoms with Gasteiger partial charge in [0.1, 0.15) is 5.03 Å². The molecule has 0 bridgehead atoms. The van der Waals surface area contributed by atoms with Gasteiger partial charge in [-0.1, -0.05) is 0 Å². The van der Waals surface area contributed by atoms with Crippen LogP contribution in [0.15, 0.2) is 47.6 Å². The lowest BCUT2D eigenvalue weighted by Gasteiger charge is -2.09. The van der Waals surface area contributed by atoms with E-state index in [0.29, 0.717) is 5.69 Å². The smallest absolute Gasteiger partial charge is 0.341 e. The standard InChI is InChI=1S/C16H13F2N3O4S/c17-16(18)26-14-11(2-1-7-20-14)15(24)25-8-12(22)21-10-5-3-9(4-6-10)13(19)23/h1-7,16H,8H2,(H2,19,23)(H,21,22). The van der Waals surface area contributed by atoms with Crippen LogP contribution in [0, 0.1) is 0 Å². The summed E-state index contributed by atoms with van der Waals surface area (Å²) in [5.74, 6) is -4.94. The van der Waals surface area contributed by atoms with Crippen molar-refractivity contribution in [2.24, 2.45) is 5.73 Å². The fourth-order valence-corrected chi connectivity index (χ4v) is 2.42. The molecule has 0 atom stereocenters. The number of carbonyl (C=O) groups is 3. The van der Waals surface area contributed by atoms with Gasteiger partial charge in [0.2, 0.25) is 5.91 Å². The Morgan fingerprint density at radius 3 is 2.50 bits per heavy atom. The van der Waals surface area contributed by atoms with Crippen LogP contribution in [0.4, 0.5) is 14.5 Å². The van der Waals surface area contributed by atoms with Crippen LogP contribution in [0.1, 0.15) is 20.7 Å². The van der Waals surface area contributed by atoms with E-state index < -0.39 is 30.1 Å². The Balaban J connectivity index is 1.93. The van der Waals surface area contributed by atoms with Crippen LogP contribution in [0.3, 0.4) is 0 Å². The van der Waals surface area contributed by atoms with E-state index in [0.717, 1.165) is 0 Å². The molecule has 2 rings (SSSR count). The van der Waals surface area contributed by atoms with Gasteiger partial charge in [0.05, 0.1) is 5.56 Å². The van der Waals surface area contributed by atoms with Crippen LogP contribution in [0.25, 0.3) is 0 Å². The molecule has 7 nitrogen and oxygen atoms in total. The number of alkyl halides is 2.